The van der Waals surface area contributed by atoms with E-state index in [4.69, 9.17) is 4.74 Å². The third-order valence-electron chi connectivity index (χ3n) is 1.51. The summed E-state index contributed by atoms with van der Waals surface area (Å²) in [6.07, 6.45) is 1.66. The molecule has 0 saturated carbocycles. The Kier molecular flexibility index (Phi) is 6.42. The van der Waals surface area contributed by atoms with Gasteiger partial charge in [-0.15, -0.1) is 0 Å². The molecule has 0 fully saturated rings. The largest absolute Gasteiger partial charge is 0.463 e. The predicted octanol–water partition coefficient (Wildman–Crippen LogP) is 3.06. The first-order valence-corrected chi connectivity index (χ1v) is 5.29. The maximum Gasteiger partial charge on any atom is 0.334 e. The molecule has 0 aliphatic carbocycles. The van der Waals surface area contributed by atoms with Crippen LogP contribution in [0, 0.1) is 0 Å². The van der Waals surface area contributed by atoms with E-state index in [-0.39, 0.29) is 5.97 Å². The summed E-state index contributed by atoms with van der Waals surface area (Å²) in [6.45, 7) is 6.29. The van der Waals surface area contributed by atoms with Crippen molar-refractivity contribution in [2.45, 2.75) is 33.6 Å². The average Bonchev–Trinajstić information content (AvgIpc) is 2.06. The van der Waals surface area contributed by atoms with E-state index >= 15 is 0 Å². The standard InChI is InChI=1S/C9H15IO2/c1-4-7(8(10)5-2)9(11)12-6-3/h4-6H2,1-3H3/b8-7-. The summed E-state index contributed by atoms with van der Waals surface area (Å²) in [4.78, 5) is 11.3. The van der Waals surface area contributed by atoms with Gasteiger partial charge in [-0.25, -0.2) is 4.79 Å². The van der Waals surface area contributed by atoms with Crippen LogP contribution in [-0.4, -0.2) is 12.6 Å². The number of allylic oxidation sites excluding steroid dienone is 1. The van der Waals surface area contributed by atoms with Crippen LogP contribution in [0.5, 0.6) is 0 Å². The molecule has 0 amide bonds. The molecule has 0 heterocycles. The van der Waals surface area contributed by atoms with Gasteiger partial charge in [0.2, 0.25) is 0 Å². The van der Waals surface area contributed by atoms with Crippen LogP contribution < -0.4 is 0 Å². The molecule has 0 aromatic rings. The summed E-state index contributed by atoms with van der Waals surface area (Å²) >= 11 is 2.20. The molecule has 0 aliphatic heterocycles. The Bertz CT molecular complexity index is 185. The van der Waals surface area contributed by atoms with Crippen molar-refractivity contribution in [1.29, 1.82) is 0 Å². The van der Waals surface area contributed by atoms with Gasteiger partial charge in [0.25, 0.3) is 0 Å². The minimum atomic E-state index is -0.161. The van der Waals surface area contributed by atoms with Crippen LogP contribution in [0.1, 0.15) is 33.6 Å². The van der Waals surface area contributed by atoms with Gasteiger partial charge in [0.15, 0.2) is 0 Å². The van der Waals surface area contributed by atoms with E-state index in [1.54, 1.807) is 0 Å². The van der Waals surface area contributed by atoms with Gasteiger partial charge in [0.05, 0.1) is 6.61 Å². The summed E-state index contributed by atoms with van der Waals surface area (Å²) in [5.74, 6) is -0.161. The highest BCUT2D eigenvalue weighted by Gasteiger charge is 2.11. The van der Waals surface area contributed by atoms with Crippen molar-refractivity contribution in [3.05, 3.63) is 9.15 Å². The number of hydrogen-bond donors (Lipinski definition) is 0. The third-order valence-corrected chi connectivity index (χ3v) is 2.93. The molecule has 0 aromatic carbocycles. The SMILES string of the molecule is CCOC(=O)/C(CC)=C(\I)CC. The molecule has 0 aromatic heterocycles. The van der Waals surface area contributed by atoms with Gasteiger partial charge >= 0.3 is 5.97 Å². The van der Waals surface area contributed by atoms with Crippen LogP contribution in [0.2, 0.25) is 0 Å². The average molecular weight is 282 g/mol. The second kappa shape index (κ2) is 6.46. The van der Waals surface area contributed by atoms with Crippen molar-refractivity contribution in [1.82, 2.24) is 0 Å². The Hall–Kier alpha value is -0.0600. The monoisotopic (exact) mass is 282 g/mol. The zero-order valence-electron chi connectivity index (χ0n) is 7.82. The van der Waals surface area contributed by atoms with Crippen LogP contribution in [-0.2, 0) is 9.53 Å². The van der Waals surface area contributed by atoms with Gasteiger partial charge in [-0.05, 0) is 42.4 Å². The highest BCUT2D eigenvalue weighted by molar-refractivity contribution is 14.1. The van der Waals surface area contributed by atoms with E-state index in [0.29, 0.717) is 6.61 Å². The van der Waals surface area contributed by atoms with Crippen molar-refractivity contribution in [2.24, 2.45) is 0 Å². The van der Waals surface area contributed by atoms with Crippen LogP contribution in [0.15, 0.2) is 9.15 Å². The maximum atomic E-state index is 11.3. The lowest BCUT2D eigenvalue weighted by atomic mass is 10.2. The number of hydrogen-bond acceptors (Lipinski definition) is 2. The van der Waals surface area contributed by atoms with Gasteiger partial charge in [-0.1, -0.05) is 13.8 Å². The number of carbonyl (C=O) groups is 1. The Morgan fingerprint density at radius 1 is 1.25 bits per heavy atom. The smallest absolute Gasteiger partial charge is 0.334 e. The van der Waals surface area contributed by atoms with Crippen molar-refractivity contribution >= 4 is 28.6 Å². The second-order valence-electron chi connectivity index (χ2n) is 2.31. The molecule has 3 heteroatoms. The predicted molar refractivity (Wildman–Crippen MR) is 58.3 cm³/mol. The van der Waals surface area contributed by atoms with Gasteiger partial charge in [-0.2, -0.15) is 0 Å². The quantitative estimate of drug-likeness (QED) is 0.450. The van der Waals surface area contributed by atoms with E-state index in [9.17, 15) is 4.79 Å². The van der Waals surface area contributed by atoms with Gasteiger partial charge in [0, 0.05) is 9.15 Å². The maximum absolute atomic E-state index is 11.3. The molecule has 0 unspecified atom stereocenters. The zero-order valence-corrected chi connectivity index (χ0v) is 9.97. The first-order chi connectivity index (χ1) is 5.67. The summed E-state index contributed by atoms with van der Waals surface area (Å²) in [6, 6.07) is 0. The first kappa shape index (κ1) is 11.9. The molecule has 70 valence electrons. The highest BCUT2D eigenvalue weighted by atomic mass is 127. The van der Waals surface area contributed by atoms with E-state index in [2.05, 4.69) is 22.6 Å². The lowest BCUT2D eigenvalue weighted by molar-refractivity contribution is -0.138. The number of halogens is 1. The van der Waals surface area contributed by atoms with Crippen LogP contribution in [0.25, 0.3) is 0 Å². The van der Waals surface area contributed by atoms with E-state index in [0.717, 1.165) is 22.0 Å². The number of ether oxygens (including phenoxy) is 1. The lowest BCUT2D eigenvalue weighted by Gasteiger charge is -2.06. The van der Waals surface area contributed by atoms with E-state index < -0.39 is 0 Å². The molecule has 0 spiro atoms. The molecule has 0 N–H and O–H groups in total. The molecular weight excluding hydrogens is 267 g/mol. The minimum absolute atomic E-state index is 0.161. The summed E-state index contributed by atoms with van der Waals surface area (Å²) in [7, 11) is 0. The fourth-order valence-electron chi connectivity index (χ4n) is 0.878. The summed E-state index contributed by atoms with van der Waals surface area (Å²) in [5.41, 5.74) is 0.819. The van der Waals surface area contributed by atoms with E-state index in [1.165, 1.54) is 0 Å². The molecule has 0 rings (SSSR count). The van der Waals surface area contributed by atoms with E-state index in [1.807, 2.05) is 20.8 Å². The minimum Gasteiger partial charge on any atom is -0.463 e. The van der Waals surface area contributed by atoms with Crippen LogP contribution in [0.4, 0.5) is 0 Å². The zero-order chi connectivity index (χ0) is 9.56. The van der Waals surface area contributed by atoms with Gasteiger partial charge in [-0.3, -0.25) is 0 Å². The first-order valence-electron chi connectivity index (χ1n) is 4.21. The third kappa shape index (κ3) is 3.56. The highest BCUT2D eigenvalue weighted by Crippen LogP contribution is 2.20. The van der Waals surface area contributed by atoms with Gasteiger partial charge < -0.3 is 4.74 Å². The molecule has 0 atom stereocenters. The molecule has 0 saturated heterocycles. The number of rotatable bonds is 4. The molecular formula is C9H15IO2. The Morgan fingerprint density at radius 3 is 2.17 bits per heavy atom. The van der Waals surface area contributed by atoms with Crippen molar-refractivity contribution in [2.75, 3.05) is 6.61 Å². The normalized spacial score (nSPS) is 12.3. The summed E-state index contributed by atoms with van der Waals surface area (Å²) in [5, 5.41) is 0. The fraction of sp³-hybridized carbons (Fsp3) is 0.667. The number of carbonyl (C=O) groups excluding carboxylic acids is 1. The second-order valence-corrected chi connectivity index (χ2v) is 3.61. The Balaban J connectivity index is 4.44. The Labute approximate surface area is 87.5 Å². The fourth-order valence-corrected chi connectivity index (χ4v) is 1.48. The molecule has 12 heavy (non-hydrogen) atoms. The number of esters is 1. The molecule has 2 nitrogen and oxygen atoms in total. The summed E-state index contributed by atoms with van der Waals surface area (Å²) < 4.78 is 6.02. The lowest BCUT2D eigenvalue weighted by Crippen LogP contribution is -2.08. The van der Waals surface area contributed by atoms with Crippen LogP contribution >= 0.6 is 22.6 Å². The topological polar surface area (TPSA) is 26.3 Å². The van der Waals surface area contributed by atoms with Crippen molar-refractivity contribution in [3.63, 3.8) is 0 Å². The Morgan fingerprint density at radius 2 is 1.83 bits per heavy atom. The molecule has 0 radical (unpaired) electrons. The molecule has 0 aliphatic rings. The van der Waals surface area contributed by atoms with Crippen LogP contribution in [0.3, 0.4) is 0 Å². The van der Waals surface area contributed by atoms with Crippen molar-refractivity contribution < 1.29 is 9.53 Å². The van der Waals surface area contributed by atoms with Gasteiger partial charge in [0.1, 0.15) is 0 Å². The van der Waals surface area contributed by atoms with Crippen molar-refractivity contribution in [3.8, 4) is 0 Å². The molecule has 0 bridgehead atoms.